The third kappa shape index (κ3) is 6.76. The maximum atomic E-state index is 12.9. The lowest BCUT2D eigenvalue weighted by Gasteiger charge is -2.30. The summed E-state index contributed by atoms with van der Waals surface area (Å²) in [6, 6.07) is 20.4. The molecule has 1 saturated heterocycles. The molecule has 1 aliphatic rings. The fourth-order valence-electron chi connectivity index (χ4n) is 4.25. The van der Waals surface area contributed by atoms with Gasteiger partial charge >= 0.3 is 0 Å². The van der Waals surface area contributed by atoms with Crippen molar-refractivity contribution >= 4 is 37.3 Å². The highest BCUT2D eigenvalue weighted by atomic mass is 32.2. The first-order valence-corrected chi connectivity index (χ1v) is 15.2. The Balaban J connectivity index is 1.31. The maximum Gasteiger partial charge on any atom is 0.261 e. The van der Waals surface area contributed by atoms with Gasteiger partial charge in [-0.05, 0) is 74.2 Å². The van der Waals surface area contributed by atoms with Gasteiger partial charge in [-0.3, -0.25) is 9.52 Å². The van der Waals surface area contributed by atoms with Crippen LogP contribution >= 0.6 is 0 Å². The molecule has 0 unspecified atom stereocenters. The van der Waals surface area contributed by atoms with Crippen molar-refractivity contribution in [1.82, 2.24) is 4.31 Å². The Hall–Kier alpha value is -3.21. The van der Waals surface area contributed by atoms with E-state index in [-0.39, 0.29) is 35.6 Å². The third-order valence-electron chi connectivity index (χ3n) is 6.55. The highest BCUT2D eigenvalue weighted by Crippen LogP contribution is 2.25. The number of carbonyl (C=O) groups is 1. The summed E-state index contributed by atoms with van der Waals surface area (Å²) < 4.78 is 55.1. The molecule has 3 aromatic carbocycles. The Morgan fingerprint density at radius 3 is 2.05 bits per heavy atom. The summed E-state index contributed by atoms with van der Waals surface area (Å²) in [5.74, 6) is -0.578. The van der Waals surface area contributed by atoms with Crippen LogP contribution in [0, 0.1) is 19.8 Å². The molecule has 2 N–H and O–H groups in total. The van der Waals surface area contributed by atoms with Crippen LogP contribution in [0.25, 0.3) is 0 Å². The van der Waals surface area contributed by atoms with Crippen LogP contribution in [0.5, 0.6) is 0 Å². The second kappa shape index (κ2) is 11.0. The van der Waals surface area contributed by atoms with E-state index in [0.29, 0.717) is 24.2 Å². The number of rotatable bonds is 8. The van der Waals surface area contributed by atoms with Crippen LogP contribution in [0.1, 0.15) is 29.5 Å². The van der Waals surface area contributed by atoms with Gasteiger partial charge in [0, 0.05) is 30.4 Å². The van der Waals surface area contributed by atoms with Crippen LogP contribution in [0.15, 0.2) is 77.7 Å². The van der Waals surface area contributed by atoms with Crippen molar-refractivity contribution in [2.45, 2.75) is 37.3 Å². The van der Waals surface area contributed by atoms with E-state index in [9.17, 15) is 21.6 Å². The molecular weight excluding hydrogens is 510 g/mol. The topological polar surface area (TPSA) is 113 Å². The Kier molecular flexibility index (Phi) is 8.01. The minimum Gasteiger partial charge on any atom is -0.326 e. The lowest BCUT2D eigenvalue weighted by Crippen LogP contribution is -2.41. The zero-order valence-electron chi connectivity index (χ0n) is 20.8. The number of nitrogens with zero attached hydrogens (tertiary/aromatic N) is 1. The summed E-state index contributed by atoms with van der Waals surface area (Å²) >= 11 is 0. The number of piperidine rings is 1. The van der Waals surface area contributed by atoms with Crippen molar-refractivity contribution < 1.29 is 21.6 Å². The summed E-state index contributed by atoms with van der Waals surface area (Å²) in [7, 11) is -7.23. The zero-order chi connectivity index (χ0) is 26.6. The quantitative estimate of drug-likeness (QED) is 0.442. The number of amides is 1. The van der Waals surface area contributed by atoms with Crippen LogP contribution in [-0.2, 0) is 30.6 Å². The highest BCUT2D eigenvalue weighted by Gasteiger charge is 2.31. The van der Waals surface area contributed by atoms with E-state index >= 15 is 0 Å². The van der Waals surface area contributed by atoms with Crippen molar-refractivity contribution in [2.24, 2.45) is 5.92 Å². The SMILES string of the molecule is Cc1ccc(NS(=O)(=O)c2ccc(NC(=O)C3CCN(S(=O)(=O)Cc4ccccc4C)CC3)cc2)cc1. The molecule has 196 valence electrons. The molecule has 0 bridgehead atoms. The smallest absolute Gasteiger partial charge is 0.261 e. The predicted molar refractivity (Wildman–Crippen MR) is 145 cm³/mol. The number of hydrogen-bond donors (Lipinski definition) is 2. The third-order valence-corrected chi connectivity index (χ3v) is 9.78. The van der Waals surface area contributed by atoms with E-state index in [2.05, 4.69) is 10.0 Å². The molecule has 8 nitrogen and oxygen atoms in total. The number of sulfonamides is 2. The lowest BCUT2D eigenvalue weighted by atomic mass is 9.97. The van der Waals surface area contributed by atoms with Gasteiger partial charge in [0.1, 0.15) is 0 Å². The average Bonchev–Trinajstić information content (AvgIpc) is 2.87. The van der Waals surface area contributed by atoms with Gasteiger partial charge in [-0.1, -0.05) is 42.0 Å². The molecule has 10 heteroatoms. The van der Waals surface area contributed by atoms with E-state index in [0.717, 1.165) is 16.7 Å². The molecule has 1 fully saturated rings. The minimum absolute atomic E-state index is 0.0510. The molecule has 4 rings (SSSR count). The highest BCUT2D eigenvalue weighted by molar-refractivity contribution is 7.92. The summed E-state index contributed by atoms with van der Waals surface area (Å²) in [6.45, 7) is 4.38. The van der Waals surface area contributed by atoms with Gasteiger partial charge < -0.3 is 5.32 Å². The molecule has 0 saturated carbocycles. The molecule has 1 heterocycles. The molecule has 0 atom stereocenters. The maximum absolute atomic E-state index is 12.9. The molecule has 0 radical (unpaired) electrons. The number of nitrogens with one attached hydrogen (secondary N) is 2. The molecule has 0 aliphatic carbocycles. The molecule has 0 aromatic heterocycles. The van der Waals surface area contributed by atoms with Gasteiger partial charge in [-0.2, -0.15) is 0 Å². The lowest BCUT2D eigenvalue weighted by molar-refractivity contribution is -0.120. The summed E-state index contributed by atoms with van der Waals surface area (Å²) in [4.78, 5) is 12.9. The van der Waals surface area contributed by atoms with Gasteiger partial charge in [0.2, 0.25) is 15.9 Å². The second-order valence-corrected chi connectivity index (χ2v) is 13.0. The van der Waals surface area contributed by atoms with Crippen LogP contribution < -0.4 is 10.0 Å². The molecule has 1 aliphatic heterocycles. The van der Waals surface area contributed by atoms with Crippen LogP contribution in [0.3, 0.4) is 0 Å². The van der Waals surface area contributed by atoms with Crippen molar-refractivity contribution in [1.29, 1.82) is 0 Å². The number of anilines is 2. The van der Waals surface area contributed by atoms with Gasteiger partial charge in [-0.15, -0.1) is 0 Å². The second-order valence-electron chi connectivity index (χ2n) is 9.34. The summed E-state index contributed by atoms with van der Waals surface area (Å²) in [6.07, 6.45) is 0.845. The van der Waals surface area contributed by atoms with Crippen molar-refractivity contribution in [2.75, 3.05) is 23.1 Å². The number of aryl methyl sites for hydroxylation is 2. The fraction of sp³-hybridized carbons (Fsp3) is 0.296. The van der Waals surface area contributed by atoms with E-state index in [4.69, 9.17) is 0 Å². The Morgan fingerprint density at radius 2 is 1.43 bits per heavy atom. The normalized spacial score (nSPS) is 15.3. The Morgan fingerprint density at radius 1 is 0.838 bits per heavy atom. The number of benzene rings is 3. The first-order chi connectivity index (χ1) is 17.5. The van der Waals surface area contributed by atoms with Gasteiger partial charge in [0.25, 0.3) is 10.0 Å². The molecular formula is C27H31N3O5S2. The standard InChI is InChI=1S/C27H31N3O5S2/c1-20-7-9-25(10-8-20)29-37(34,35)26-13-11-24(12-14-26)28-27(31)22-15-17-30(18-16-22)36(32,33)19-23-6-4-3-5-21(23)2/h3-14,22,29H,15-19H2,1-2H3,(H,28,31). The fourth-order valence-corrected chi connectivity index (χ4v) is 6.98. The van der Waals surface area contributed by atoms with E-state index < -0.39 is 20.0 Å². The number of carbonyl (C=O) groups excluding carboxylic acids is 1. The molecule has 37 heavy (non-hydrogen) atoms. The molecule has 3 aromatic rings. The van der Waals surface area contributed by atoms with Crippen molar-refractivity contribution in [3.8, 4) is 0 Å². The van der Waals surface area contributed by atoms with Crippen LogP contribution in [0.4, 0.5) is 11.4 Å². The number of hydrogen-bond acceptors (Lipinski definition) is 5. The van der Waals surface area contributed by atoms with E-state index in [1.807, 2.05) is 50.2 Å². The summed E-state index contributed by atoms with van der Waals surface area (Å²) in [5, 5.41) is 2.82. The van der Waals surface area contributed by atoms with Crippen molar-refractivity contribution in [3.05, 3.63) is 89.5 Å². The van der Waals surface area contributed by atoms with Gasteiger partial charge in [-0.25, -0.2) is 21.1 Å². The first-order valence-electron chi connectivity index (χ1n) is 12.1. The predicted octanol–water partition coefficient (Wildman–Crippen LogP) is 4.28. The van der Waals surface area contributed by atoms with E-state index in [1.54, 1.807) is 24.3 Å². The Bertz CT molecular complexity index is 1460. The first kappa shape index (κ1) is 26.8. The average molecular weight is 542 g/mol. The van der Waals surface area contributed by atoms with Crippen LogP contribution in [0.2, 0.25) is 0 Å². The van der Waals surface area contributed by atoms with Gasteiger partial charge in [0.15, 0.2) is 0 Å². The Labute approximate surface area is 218 Å². The largest absolute Gasteiger partial charge is 0.326 e. The molecule has 0 spiro atoms. The van der Waals surface area contributed by atoms with E-state index in [1.165, 1.54) is 16.4 Å². The monoisotopic (exact) mass is 541 g/mol. The zero-order valence-corrected chi connectivity index (χ0v) is 22.5. The van der Waals surface area contributed by atoms with Gasteiger partial charge in [0.05, 0.1) is 10.6 Å². The van der Waals surface area contributed by atoms with Crippen LogP contribution in [-0.4, -0.2) is 40.1 Å². The minimum atomic E-state index is -3.76. The summed E-state index contributed by atoms with van der Waals surface area (Å²) in [5.41, 5.74) is 3.69. The van der Waals surface area contributed by atoms with Crippen molar-refractivity contribution in [3.63, 3.8) is 0 Å². The molecule has 1 amide bonds.